The summed E-state index contributed by atoms with van der Waals surface area (Å²) in [5.41, 5.74) is 0. The second-order valence-corrected chi connectivity index (χ2v) is 32.7. The highest BCUT2D eigenvalue weighted by Gasteiger charge is 2.30. The molecular weight excluding hydrogens is 1270 g/mol. The first-order valence-corrected chi connectivity index (χ1v) is 43.2. The van der Waals surface area contributed by atoms with Gasteiger partial charge in [0, 0.05) is 25.7 Å². The van der Waals surface area contributed by atoms with Gasteiger partial charge in [0.1, 0.15) is 19.3 Å². The Morgan fingerprint density at radius 1 is 0.289 bits per heavy atom. The lowest BCUT2D eigenvalue weighted by Gasteiger charge is -2.21. The van der Waals surface area contributed by atoms with Gasteiger partial charge in [-0.1, -0.05) is 344 Å². The molecule has 17 nitrogen and oxygen atoms in total. The third-order valence-corrected chi connectivity index (χ3v) is 20.3. The molecule has 0 aromatic heterocycles. The van der Waals surface area contributed by atoms with E-state index in [1.807, 2.05) is 0 Å². The van der Waals surface area contributed by atoms with Crippen molar-refractivity contribution in [1.29, 1.82) is 0 Å². The van der Waals surface area contributed by atoms with E-state index in [1.165, 1.54) is 193 Å². The van der Waals surface area contributed by atoms with Crippen molar-refractivity contribution in [2.45, 2.75) is 414 Å². The van der Waals surface area contributed by atoms with Crippen molar-refractivity contribution in [2.75, 3.05) is 39.6 Å². The molecule has 0 aromatic rings. The van der Waals surface area contributed by atoms with E-state index in [2.05, 4.69) is 55.4 Å². The lowest BCUT2D eigenvalue weighted by atomic mass is 9.99. The van der Waals surface area contributed by atoms with Crippen LogP contribution in [0.25, 0.3) is 0 Å². The quantitative estimate of drug-likeness (QED) is 0.0222. The lowest BCUT2D eigenvalue weighted by molar-refractivity contribution is -0.161. The average molecular weight is 1420 g/mol. The van der Waals surface area contributed by atoms with Crippen LogP contribution in [-0.4, -0.2) is 96.7 Å². The number of phosphoric acid groups is 2. The van der Waals surface area contributed by atoms with Gasteiger partial charge < -0.3 is 33.8 Å². The Bertz CT molecular complexity index is 1900. The monoisotopic (exact) mass is 1420 g/mol. The van der Waals surface area contributed by atoms with Crippen LogP contribution < -0.4 is 0 Å². The van der Waals surface area contributed by atoms with Crippen LogP contribution in [-0.2, 0) is 65.4 Å². The maximum absolute atomic E-state index is 13.1. The van der Waals surface area contributed by atoms with Gasteiger partial charge in [0.15, 0.2) is 12.2 Å². The molecule has 0 heterocycles. The third kappa shape index (κ3) is 70.9. The number of esters is 4. The molecule has 0 aromatic carbocycles. The second kappa shape index (κ2) is 67.2. The molecule has 0 bridgehead atoms. The predicted octanol–water partition coefficient (Wildman–Crippen LogP) is 22.8. The van der Waals surface area contributed by atoms with Crippen LogP contribution in [0.2, 0.25) is 0 Å². The first-order valence-electron chi connectivity index (χ1n) is 40.2. The van der Waals surface area contributed by atoms with Crippen molar-refractivity contribution in [2.24, 2.45) is 23.7 Å². The van der Waals surface area contributed by atoms with Gasteiger partial charge in [0.25, 0.3) is 0 Å². The van der Waals surface area contributed by atoms with Crippen molar-refractivity contribution in [3.63, 3.8) is 0 Å². The van der Waals surface area contributed by atoms with Gasteiger partial charge in [-0.05, 0) is 49.4 Å². The summed E-state index contributed by atoms with van der Waals surface area (Å²) in [6.45, 7) is 14.2. The first kappa shape index (κ1) is 95.1. The van der Waals surface area contributed by atoms with E-state index in [0.717, 1.165) is 114 Å². The molecule has 0 rings (SSSR count). The van der Waals surface area contributed by atoms with Crippen molar-refractivity contribution < 1.29 is 80.2 Å². The van der Waals surface area contributed by atoms with Crippen molar-refractivity contribution in [1.82, 2.24) is 0 Å². The summed E-state index contributed by atoms with van der Waals surface area (Å²) in [6.07, 6.45) is 53.0. The molecule has 19 heteroatoms. The van der Waals surface area contributed by atoms with E-state index in [9.17, 15) is 43.2 Å². The van der Waals surface area contributed by atoms with Crippen LogP contribution in [0.1, 0.15) is 396 Å². The lowest BCUT2D eigenvalue weighted by Crippen LogP contribution is -2.30. The molecule has 0 aliphatic heterocycles. The van der Waals surface area contributed by atoms with Gasteiger partial charge in [-0.2, -0.15) is 0 Å². The summed E-state index contributed by atoms with van der Waals surface area (Å²) in [5, 5.41) is 10.6. The Labute approximate surface area is 594 Å². The summed E-state index contributed by atoms with van der Waals surface area (Å²) < 4.78 is 68.5. The van der Waals surface area contributed by atoms with E-state index >= 15 is 0 Å². The fourth-order valence-corrected chi connectivity index (χ4v) is 13.5. The molecule has 0 amide bonds. The van der Waals surface area contributed by atoms with Crippen LogP contribution in [0.4, 0.5) is 0 Å². The Hall–Kier alpha value is -1.94. The Morgan fingerprint density at radius 3 is 0.732 bits per heavy atom. The minimum atomic E-state index is -4.96. The molecular formula is C78H152O17P2. The number of carbonyl (C=O) groups excluding carboxylic acids is 4. The number of phosphoric ester groups is 2. The Kier molecular flexibility index (Phi) is 65.9. The maximum Gasteiger partial charge on any atom is 0.472 e. The normalized spacial score (nSPS) is 14.4. The second-order valence-electron chi connectivity index (χ2n) is 29.8. The molecule has 3 N–H and O–H groups in total. The zero-order chi connectivity index (χ0) is 71.7. The summed E-state index contributed by atoms with van der Waals surface area (Å²) >= 11 is 0. The molecule has 6 atom stereocenters. The number of unbranched alkanes of at least 4 members (excludes halogenated alkanes) is 40. The van der Waals surface area contributed by atoms with Crippen molar-refractivity contribution in [3.8, 4) is 0 Å². The maximum atomic E-state index is 13.1. The molecule has 0 spiro atoms. The topological polar surface area (TPSA) is 237 Å². The van der Waals surface area contributed by atoms with E-state index in [0.29, 0.717) is 31.6 Å². The van der Waals surface area contributed by atoms with Crippen LogP contribution in [0.3, 0.4) is 0 Å². The van der Waals surface area contributed by atoms with Gasteiger partial charge in [-0.3, -0.25) is 37.3 Å². The van der Waals surface area contributed by atoms with Crippen LogP contribution in [0, 0.1) is 23.7 Å². The number of aliphatic hydroxyl groups excluding tert-OH is 1. The zero-order valence-corrected chi connectivity index (χ0v) is 65.5. The van der Waals surface area contributed by atoms with Crippen molar-refractivity contribution >= 4 is 39.5 Å². The van der Waals surface area contributed by atoms with Gasteiger partial charge in [0.05, 0.1) is 26.4 Å². The van der Waals surface area contributed by atoms with Crippen molar-refractivity contribution in [3.05, 3.63) is 0 Å². The fourth-order valence-electron chi connectivity index (χ4n) is 11.9. The smallest absolute Gasteiger partial charge is 0.462 e. The van der Waals surface area contributed by atoms with E-state index in [-0.39, 0.29) is 25.7 Å². The standard InChI is InChI=1S/C78H152O17P2/c1-9-71(8)57-49-41-32-28-29-35-45-53-61-78(83)95-74(65-89-76(81)59-51-43-37-36-40-48-56-70(6)7)67-93-97(86,87)91-63-72(79)62-90-96(84,85)92-66-73(94-77(82)60-52-44-34-27-23-19-18-21-25-31-39-47-55-69(4)5)64-88-75(80)58-50-42-33-26-22-17-15-13-11-10-12-14-16-20-24-30-38-46-54-68(2)3/h68-74,79H,9-67H2,1-8H3,(H,84,85)(H,86,87)/t71?,72-,73-,74-/m1/s1. The highest BCUT2D eigenvalue weighted by molar-refractivity contribution is 7.47. The van der Waals surface area contributed by atoms with Crippen LogP contribution >= 0.6 is 15.6 Å². The largest absolute Gasteiger partial charge is 0.472 e. The van der Waals surface area contributed by atoms with Gasteiger partial charge >= 0.3 is 39.5 Å². The number of rotatable bonds is 75. The molecule has 97 heavy (non-hydrogen) atoms. The first-order chi connectivity index (χ1) is 46.6. The molecule has 0 aliphatic carbocycles. The number of ether oxygens (including phenoxy) is 4. The number of carbonyl (C=O) groups is 4. The highest BCUT2D eigenvalue weighted by Crippen LogP contribution is 2.45. The molecule has 0 saturated carbocycles. The molecule has 0 aliphatic rings. The number of aliphatic hydroxyl groups is 1. The third-order valence-electron chi connectivity index (χ3n) is 18.4. The molecule has 0 radical (unpaired) electrons. The van der Waals surface area contributed by atoms with E-state index in [1.54, 1.807) is 0 Å². The van der Waals surface area contributed by atoms with Gasteiger partial charge in [-0.15, -0.1) is 0 Å². The minimum Gasteiger partial charge on any atom is -0.462 e. The number of hydrogen-bond donors (Lipinski definition) is 3. The Balaban J connectivity index is 5.19. The summed E-state index contributed by atoms with van der Waals surface area (Å²) in [4.78, 5) is 72.8. The highest BCUT2D eigenvalue weighted by atomic mass is 31.2. The molecule has 3 unspecified atom stereocenters. The zero-order valence-electron chi connectivity index (χ0n) is 63.7. The number of hydrogen-bond acceptors (Lipinski definition) is 15. The van der Waals surface area contributed by atoms with Crippen LogP contribution in [0.15, 0.2) is 0 Å². The summed E-state index contributed by atoms with van der Waals surface area (Å²) in [6, 6.07) is 0. The minimum absolute atomic E-state index is 0.104. The van der Waals surface area contributed by atoms with Crippen LogP contribution in [0.5, 0.6) is 0 Å². The predicted molar refractivity (Wildman–Crippen MR) is 395 cm³/mol. The summed E-state index contributed by atoms with van der Waals surface area (Å²) in [5.74, 6) is 0.927. The summed E-state index contributed by atoms with van der Waals surface area (Å²) in [7, 11) is -9.91. The fraction of sp³-hybridized carbons (Fsp3) is 0.949. The molecule has 576 valence electrons. The molecule has 0 saturated heterocycles. The SMILES string of the molecule is CCC(C)CCCCCCCCCCC(=O)O[C@H](COC(=O)CCCCCCCCC(C)C)COP(=O)(O)OC[C@H](O)COP(=O)(O)OC[C@@H](COC(=O)CCCCCCCCCCCCCCCCCCCCC(C)C)OC(=O)CCCCCCCCCCCCCCC(C)C. The van der Waals surface area contributed by atoms with E-state index < -0.39 is 97.5 Å². The van der Waals surface area contributed by atoms with Gasteiger partial charge in [0.2, 0.25) is 0 Å². The van der Waals surface area contributed by atoms with E-state index in [4.69, 9.17) is 37.0 Å². The molecule has 0 fully saturated rings. The average Bonchev–Trinajstić information content (AvgIpc) is 1.03. The Morgan fingerprint density at radius 2 is 0.495 bits per heavy atom. The van der Waals surface area contributed by atoms with Gasteiger partial charge in [-0.25, -0.2) is 9.13 Å².